The van der Waals surface area contributed by atoms with Gasteiger partial charge >= 0.3 is 0 Å². The van der Waals surface area contributed by atoms with Gasteiger partial charge in [0.2, 0.25) is 0 Å². The topological polar surface area (TPSA) is 0 Å². The van der Waals surface area contributed by atoms with E-state index >= 15 is 0 Å². The van der Waals surface area contributed by atoms with Crippen LogP contribution in [0.4, 0.5) is 0 Å². The van der Waals surface area contributed by atoms with Crippen LogP contribution < -0.4 is 0 Å². The van der Waals surface area contributed by atoms with Crippen molar-refractivity contribution in [3.8, 4) is 22.3 Å². The molecule has 0 saturated carbocycles. The number of rotatable bonds is 2. The minimum Gasteiger partial charge on any atom is -0.0622 e. The van der Waals surface area contributed by atoms with Gasteiger partial charge < -0.3 is 0 Å². The lowest BCUT2D eigenvalue weighted by atomic mass is 9.92. The van der Waals surface area contributed by atoms with Crippen LogP contribution in [0.2, 0.25) is 0 Å². The van der Waals surface area contributed by atoms with Gasteiger partial charge in [-0.2, -0.15) is 0 Å². The molecule has 0 N–H and O–H groups in total. The zero-order chi connectivity index (χ0) is 14.8. The minimum atomic E-state index is 1.29. The molecule has 0 bridgehead atoms. The summed E-state index contributed by atoms with van der Waals surface area (Å²) < 4.78 is 1.34. The number of aryl methyl sites for hydroxylation is 2. The van der Waals surface area contributed by atoms with Crippen molar-refractivity contribution in [1.82, 2.24) is 0 Å². The number of benzene rings is 3. The van der Waals surface area contributed by atoms with E-state index in [-0.39, 0.29) is 0 Å². The molecule has 1 heteroatoms. The maximum atomic E-state index is 2.50. The first kappa shape index (κ1) is 14.3. The number of halogens is 1. The molecular formula is C20H17I. The quantitative estimate of drug-likeness (QED) is 0.459. The largest absolute Gasteiger partial charge is 0.0622 e. The van der Waals surface area contributed by atoms with Crippen LogP contribution in [0.25, 0.3) is 22.3 Å². The normalized spacial score (nSPS) is 10.6. The fourth-order valence-corrected chi connectivity index (χ4v) is 4.33. The van der Waals surface area contributed by atoms with Gasteiger partial charge in [0.15, 0.2) is 0 Å². The summed E-state index contributed by atoms with van der Waals surface area (Å²) >= 11 is 2.50. The van der Waals surface area contributed by atoms with E-state index in [1.807, 2.05) is 0 Å². The van der Waals surface area contributed by atoms with Gasteiger partial charge in [0.25, 0.3) is 0 Å². The van der Waals surface area contributed by atoms with Gasteiger partial charge in [-0.1, -0.05) is 66.7 Å². The van der Waals surface area contributed by atoms with Crippen LogP contribution in [0.1, 0.15) is 11.1 Å². The standard InChI is InChI=1S/C20H17I/c1-14-13-15(2)19(17-11-7-4-8-12-17)20(21)18(14)16-9-5-3-6-10-16/h3-13H,1-2H3. The molecule has 0 atom stereocenters. The maximum absolute atomic E-state index is 2.50. The van der Waals surface area contributed by atoms with Crippen molar-refractivity contribution in [2.45, 2.75) is 13.8 Å². The van der Waals surface area contributed by atoms with E-state index in [9.17, 15) is 0 Å². The number of hydrogen-bond acceptors (Lipinski definition) is 0. The molecule has 0 spiro atoms. The van der Waals surface area contributed by atoms with Crippen LogP contribution in [0.5, 0.6) is 0 Å². The average Bonchev–Trinajstić information content (AvgIpc) is 2.49. The predicted octanol–water partition coefficient (Wildman–Crippen LogP) is 6.24. The van der Waals surface area contributed by atoms with Crippen LogP contribution in [-0.4, -0.2) is 0 Å². The predicted molar refractivity (Wildman–Crippen MR) is 99.5 cm³/mol. The molecule has 0 unspecified atom stereocenters. The molecule has 104 valence electrons. The van der Waals surface area contributed by atoms with Gasteiger partial charge in [0, 0.05) is 3.57 Å². The lowest BCUT2D eigenvalue weighted by Gasteiger charge is -2.17. The fourth-order valence-electron chi connectivity index (χ4n) is 2.86. The van der Waals surface area contributed by atoms with Crippen molar-refractivity contribution in [3.05, 3.63) is 81.4 Å². The van der Waals surface area contributed by atoms with Gasteiger partial charge in [0.05, 0.1) is 0 Å². The second-order valence-electron chi connectivity index (χ2n) is 5.31. The lowest BCUT2D eigenvalue weighted by Crippen LogP contribution is -1.95. The zero-order valence-electron chi connectivity index (χ0n) is 12.2. The Kier molecular flexibility index (Phi) is 4.11. The van der Waals surface area contributed by atoms with E-state index < -0.39 is 0 Å². The average molecular weight is 384 g/mol. The summed E-state index contributed by atoms with van der Waals surface area (Å²) in [6.07, 6.45) is 0. The SMILES string of the molecule is Cc1cc(C)c(-c2ccccc2)c(I)c1-c1ccccc1. The van der Waals surface area contributed by atoms with Crippen LogP contribution in [0.15, 0.2) is 66.7 Å². The Bertz CT molecular complexity index is 695. The molecule has 0 saturated heterocycles. The van der Waals surface area contributed by atoms with E-state index in [2.05, 4.69) is 103 Å². The van der Waals surface area contributed by atoms with Gasteiger partial charge in [0.1, 0.15) is 0 Å². The van der Waals surface area contributed by atoms with Crippen molar-refractivity contribution in [2.75, 3.05) is 0 Å². The van der Waals surface area contributed by atoms with Crippen LogP contribution in [0, 0.1) is 17.4 Å². The molecule has 0 radical (unpaired) electrons. The first-order chi connectivity index (χ1) is 10.2. The minimum absolute atomic E-state index is 1.29. The molecule has 0 aliphatic heterocycles. The molecule has 0 aromatic heterocycles. The van der Waals surface area contributed by atoms with Crippen LogP contribution in [-0.2, 0) is 0 Å². The van der Waals surface area contributed by atoms with Crippen molar-refractivity contribution >= 4 is 22.6 Å². The van der Waals surface area contributed by atoms with Crippen molar-refractivity contribution < 1.29 is 0 Å². The number of hydrogen-bond donors (Lipinski definition) is 0. The molecule has 3 aromatic carbocycles. The van der Waals surface area contributed by atoms with Gasteiger partial charge in [-0.3, -0.25) is 0 Å². The highest BCUT2D eigenvalue weighted by Gasteiger charge is 2.14. The molecular weight excluding hydrogens is 367 g/mol. The molecule has 21 heavy (non-hydrogen) atoms. The van der Waals surface area contributed by atoms with Crippen molar-refractivity contribution in [3.63, 3.8) is 0 Å². The molecule has 0 fully saturated rings. The molecule has 0 amide bonds. The molecule has 0 aliphatic carbocycles. The van der Waals surface area contributed by atoms with Gasteiger partial charge in [-0.15, -0.1) is 0 Å². The summed E-state index contributed by atoms with van der Waals surface area (Å²) in [5, 5.41) is 0. The third kappa shape index (κ3) is 2.75. The summed E-state index contributed by atoms with van der Waals surface area (Å²) in [7, 11) is 0. The summed E-state index contributed by atoms with van der Waals surface area (Å²) in [5.41, 5.74) is 7.94. The second-order valence-corrected chi connectivity index (χ2v) is 6.39. The maximum Gasteiger partial charge on any atom is 0.0292 e. The highest BCUT2D eigenvalue weighted by atomic mass is 127. The molecule has 0 aliphatic rings. The van der Waals surface area contributed by atoms with Gasteiger partial charge in [-0.25, -0.2) is 0 Å². The highest BCUT2D eigenvalue weighted by Crippen LogP contribution is 2.38. The second kappa shape index (κ2) is 6.02. The summed E-state index contributed by atoms with van der Waals surface area (Å²) in [5.74, 6) is 0. The highest BCUT2D eigenvalue weighted by molar-refractivity contribution is 14.1. The zero-order valence-corrected chi connectivity index (χ0v) is 14.4. The Morgan fingerprint density at radius 2 is 1.00 bits per heavy atom. The Labute approximate surface area is 140 Å². The third-order valence-electron chi connectivity index (χ3n) is 3.79. The summed E-state index contributed by atoms with van der Waals surface area (Å²) in [6.45, 7) is 4.40. The Hall–Kier alpha value is -1.61. The lowest BCUT2D eigenvalue weighted by molar-refractivity contribution is 1.36. The Balaban J connectivity index is 2.29. The van der Waals surface area contributed by atoms with Crippen molar-refractivity contribution in [1.29, 1.82) is 0 Å². The smallest absolute Gasteiger partial charge is 0.0292 e. The van der Waals surface area contributed by atoms with E-state index in [1.54, 1.807) is 0 Å². The molecule has 0 heterocycles. The van der Waals surface area contributed by atoms with Crippen LogP contribution >= 0.6 is 22.6 Å². The summed E-state index contributed by atoms with van der Waals surface area (Å²) in [6, 6.07) is 23.6. The monoisotopic (exact) mass is 384 g/mol. The molecule has 0 nitrogen and oxygen atoms in total. The molecule has 3 rings (SSSR count). The van der Waals surface area contributed by atoms with E-state index in [4.69, 9.17) is 0 Å². The van der Waals surface area contributed by atoms with Gasteiger partial charge in [-0.05, 0) is 69.8 Å². The summed E-state index contributed by atoms with van der Waals surface area (Å²) in [4.78, 5) is 0. The van der Waals surface area contributed by atoms with Crippen molar-refractivity contribution in [2.24, 2.45) is 0 Å². The molecule has 3 aromatic rings. The van der Waals surface area contributed by atoms with E-state index in [1.165, 1.54) is 37.0 Å². The first-order valence-corrected chi connectivity index (χ1v) is 8.17. The van der Waals surface area contributed by atoms with Crippen LogP contribution in [0.3, 0.4) is 0 Å². The first-order valence-electron chi connectivity index (χ1n) is 7.09. The van der Waals surface area contributed by atoms with E-state index in [0.29, 0.717) is 0 Å². The Morgan fingerprint density at radius 1 is 0.619 bits per heavy atom. The Morgan fingerprint density at radius 3 is 1.38 bits per heavy atom. The fraction of sp³-hybridized carbons (Fsp3) is 0.100. The third-order valence-corrected chi connectivity index (χ3v) is 4.86. The van der Waals surface area contributed by atoms with E-state index in [0.717, 1.165) is 0 Å².